The molecule has 6 nitrogen and oxygen atoms in total. The number of amides is 1. The van der Waals surface area contributed by atoms with Crippen LogP contribution in [-0.4, -0.2) is 67.4 Å². The summed E-state index contributed by atoms with van der Waals surface area (Å²) < 4.78 is 16.5. The maximum absolute atomic E-state index is 12.8. The molecule has 1 amide bonds. The SMILES string of the molecule is CCOCC(=O)N1C[C@H](c2ccc3c(c2)OCO3)[C@H]2[C@@H]1C1CCN2CC1. The minimum absolute atomic E-state index is 0.138. The molecule has 3 atom stereocenters. The summed E-state index contributed by atoms with van der Waals surface area (Å²) in [5, 5.41) is 0. The molecule has 5 aliphatic rings. The summed E-state index contributed by atoms with van der Waals surface area (Å²) in [6.07, 6.45) is 2.40. The Morgan fingerprint density at radius 3 is 2.81 bits per heavy atom. The van der Waals surface area contributed by atoms with E-state index in [1.54, 1.807) is 0 Å². The standard InChI is InChI=1S/C20H26N2O4/c1-2-24-11-18(23)22-10-15(14-3-4-16-17(9-14)26-12-25-16)20-19(22)13-5-7-21(20)8-6-13/h3-4,9,13,15,19-20H,2,5-8,10-12H2,1H3/t15-,19+,20+/m1/s1. The number of likely N-dealkylation sites (tertiary alicyclic amines) is 1. The van der Waals surface area contributed by atoms with Gasteiger partial charge in [-0.1, -0.05) is 6.07 Å². The monoisotopic (exact) mass is 358 g/mol. The Labute approximate surface area is 154 Å². The lowest BCUT2D eigenvalue weighted by Gasteiger charge is -2.51. The van der Waals surface area contributed by atoms with Crippen LogP contribution in [0, 0.1) is 5.92 Å². The normalized spacial score (nSPS) is 34.2. The molecule has 0 radical (unpaired) electrons. The van der Waals surface area contributed by atoms with Gasteiger partial charge in [0.05, 0.1) is 6.04 Å². The van der Waals surface area contributed by atoms with Crippen molar-refractivity contribution in [2.75, 3.05) is 39.6 Å². The molecule has 0 saturated carbocycles. The molecule has 5 aliphatic heterocycles. The van der Waals surface area contributed by atoms with Crippen LogP contribution in [0.4, 0.5) is 0 Å². The highest BCUT2D eigenvalue weighted by Gasteiger charge is 2.54. The third-order valence-electron chi connectivity index (χ3n) is 6.57. The zero-order chi connectivity index (χ0) is 17.7. The van der Waals surface area contributed by atoms with Crippen molar-refractivity contribution >= 4 is 5.91 Å². The first-order valence-electron chi connectivity index (χ1n) is 9.77. The molecule has 0 spiro atoms. The number of nitrogens with zero attached hydrogens (tertiary/aromatic N) is 2. The number of fused-ring (bicyclic) bond motifs is 3. The summed E-state index contributed by atoms with van der Waals surface area (Å²) in [7, 11) is 0. The van der Waals surface area contributed by atoms with Crippen molar-refractivity contribution in [1.82, 2.24) is 9.80 Å². The van der Waals surface area contributed by atoms with Crippen LogP contribution in [0.15, 0.2) is 18.2 Å². The van der Waals surface area contributed by atoms with Gasteiger partial charge in [-0.2, -0.15) is 0 Å². The molecule has 140 valence electrons. The number of piperidine rings is 3. The lowest BCUT2D eigenvalue weighted by molar-refractivity contribution is -0.140. The fourth-order valence-corrected chi connectivity index (χ4v) is 5.41. The lowest BCUT2D eigenvalue weighted by Crippen LogP contribution is -2.61. The Hall–Kier alpha value is -1.79. The van der Waals surface area contributed by atoms with E-state index in [1.165, 1.54) is 18.4 Å². The van der Waals surface area contributed by atoms with Gasteiger partial charge in [-0.25, -0.2) is 0 Å². The minimum Gasteiger partial charge on any atom is -0.454 e. The van der Waals surface area contributed by atoms with Gasteiger partial charge in [0.2, 0.25) is 12.7 Å². The Balaban J connectivity index is 1.47. The predicted molar refractivity (Wildman–Crippen MR) is 95.4 cm³/mol. The van der Waals surface area contributed by atoms with Crippen LogP contribution in [0.25, 0.3) is 0 Å². The second kappa shape index (κ2) is 6.43. The third kappa shape index (κ3) is 2.50. The number of hydrogen-bond acceptors (Lipinski definition) is 5. The molecule has 0 aromatic heterocycles. The maximum Gasteiger partial charge on any atom is 0.248 e. The average Bonchev–Trinajstić information content (AvgIpc) is 3.32. The van der Waals surface area contributed by atoms with Crippen molar-refractivity contribution in [3.63, 3.8) is 0 Å². The van der Waals surface area contributed by atoms with Crippen LogP contribution in [-0.2, 0) is 9.53 Å². The van der Waals surface area contributed by atoms with Gasteiger partial charge in [-0.15, -0.1) is 0 Å². The molecular weight excluding hydrogens is 332 g/mol. The summed E-state index contributed by atoms with van der Waals surface area (Å²) in [6, 6.07) is 7.00. The first kappa shape index (κ1) is 16.4. The summed E-state index contributed by atoms with van der Waals surface area (Å²) in [5.41, 5.74) is 1.25. The van der Waals surface area contributed by atoms with E-state index >= 15 is 0 Å². The molecule has 4 fully saturated rings. The summed E-state index contributed by atoms with van der Waals surface area (Å²) in [5.74, 6) is 2.73. The van der Waals surface area contributed by atoms with E-state index < -0.39 is 0 Å². The smallest absolute Gasteiger partial charge is 0.248 e. The highest BCUT2D eigenvalue weighted by molar-refractivity contribution is 5.78. The molecule has 0 unspecified atom stereocenters. The summed E-state index contributed by atoms with van der Waals surface area (Å²) in [4.78, 5) is 17.6. The van der Waals surface area contributed by atoms with Crippen LogP contribution in [0.1, 0.15) is 31.2 Å². The van der Waals surface area contributed by atoms with Crippen LogP contribution in [0.3, 0.4) is 0 Å². The van der Waals surface area contributed by atoms with Crippen LogP contribution in [0.2, 0.25) is 0 Å². The first-order chi connectivity index (χ1) is 12.8. The van der Waals surface area contributed by atoms with Gasteiger partial charge in [0.1, 0.15) is 6.61 Å². The molecule has 4 saturated heterocycles. The Kier molecular flexibility index (Phi) is 4.05. The number of benzene rings is 1. The molecule has 26 heavy (non-hydrogen) atoms. The van der Waals surface area contributed by atoms with Crippen LogP contribution >= 0.6 is 0 Å². The van der Waals surface area contributed by atoms with Crippen molar-refractivity contribution in [3.8, 4) is 11.5 Å². The van der Waals surface area contributed by atoms with Crippen LogP contribution in [0.5, 0.6) is 11.5 Å². The molecule has 6 rings (SSSR count). The van der Waals surface area contributed by atoms with Gasteiger partial charge in [-0.05, 0) is 56.5 Å². The van der Waals surface area contributed by atoms with Crippen LogP contribution < -0.4 is 9.47 Å². The first-order valence-corrected chi connectivity index (χ1v) is 9.77. The highest BCUT2D eigenvalue weighted by Crippen LogP contribution is 2.47. The molecule has 6 heteroatoms. The predicted octanol–water partition coefficient (Wildman–Crippen LogP) is 1.84. The van der Waals surface area contributed by atoms with E-state index in [0.29, 0.717) is 37.3 Å². The van der Waals surface area contributed by atoms with Crippen molar-refractivity contribution in [3.05, 3.63) is 23.8 Å². The van der Waals surface area contributed by atoms with Crippen molar-refractivity contribution in [1.29, 1.82) is 0 Å². The number of rotatable bonds is 4. The Bertz CT molecular complexity index is 701. The van der Waals surface area contributed by atoms with Crippen molar-refractivity contribution in [2.24, 2.45) is 5.92 Å². The molecule has 1 aromatic rings. The highest BCUT2D eigenvalue weighted by atomic mass is 16.7. The van der Waals surface area contributed by atoms with E-state index in [2.05, 4.69) is 21.9 Å². The summed E-state index contributed by atoms with van der Waals surface area (Å²) >= 11 is 0. The largest absolute Gasteiger partial charge is 0.454 e. The second-order valence-electron chi connectivity index (χ2n) is 7.76. The molecular formula is C20H26N2O4. The molecule has 1 aromatic carbocycles. The topological polar surface area (TPSA) is 51.2 Å². The molecule has 5 heterocycles. The maximum atomic E-state index is 12.8. The van der Waals surface area contributed by atoms with E-state index in [0.717, 1.165) is 31.1 Å². The molecule has 0 aliphatic carbocycles. The van der Waals surface area contributed by atoms with Crippen molar-refractivity contribution in [2.45, 2.75) is 37.8 Å². The fraction of sp³-hybridized carbons (Fsp3) is 0.650. The third-order valence-corrected chi connectivity index (χ3v) is 6.57. The van der Waals surface area contributed by atoms with Gasteiger partial charge in [0.25, 0.3) is 0 Å². The van der Waals surface area contributed by atoms with E-state index in [9.17, 15) is 4.79 Å². The van der Waals surface area contributed by atoms with E-state index in [1.807, 2.05) is 13.0 Å². The van der Waals surface area contributed by atoms with Gasteiger partial charge in [0.15, 0.2) is 11.5 Å². The van der Waals surface area contributed by atoms with Gasteiger partial charge < -0.3 is 19.1 Å². The molecule has 2 bridgehead atoms. The number of ether oxygens (including phenoxy) is 3. The molecule has 0 N–H and O–H groups in total. The fourth-order valence-electron chi connectivity index (χ4n) is 5.41. The zero-order valence-corrected chi connectivity index (χ0v) is 15.2. The quantitative estimate of drug-likeness (QED) is 0.822. The Morgan fingerprint density at radius 1 is 1.19 bits per heavy atom. The lowest BCUT2D eigenvalue weighted by atomic mass is 9.75. The second-order valence-corrected chi connectivity index (χ2v) is 7.76. The zero-order valence-electron chi connectivity index (χ0n) is 15.2. The van der Waals surface area contributed by atoms with E-state index in [4.69, 9.17) is 14.2 Å². The minimum atomic E-state index is 0.138. The van der Waals surface area contributed by atoms with Gasteiger partial charge in [-0.3, -0.25) is 9.69 Å². The van der Waals surface area contributed by atoms with Crippen molar-refractivity contribution < 1.29 is 19.0 Å². The average molecular weight is 358 g/mol. The Morgan fingerprint density at radius 2 is 2.00 bits per heavy atom. The number of carbonyl (C=O) groups excluding carboxylic acids is 1. The van der Waals surface area contributed by atoms with E-state index in [-0.39, 0.29) is 12.5 Å². The number of hydrogen-bond donors (Lipinski definition) is 0. The number of carbonyl (C=O) groups is 1. The van der Waals surface area contributed by atoms with Gasteiger partial charge in [0, 0.05) is 25.1 Å². The van der Waals surface area contributed by atoms with Gasteiger partial charge >= 0.3 is 0 Å². The summed E-state index contributed by atoms with van der Waals surface area (Å²) in [6.45, 7) is 6.08.